The van der Waals surface area contributed by atoms with Gasteiger partial charge in [0.2, 0.25) is 0 Å². The van der Waals surface area contributed by atoms with Crippen LogP contribution in [0, 0.1) is 0 Å². The summed E-state index contributed by atoms with van der Waals surface area (Å²) < 4.78 is 1.72. The molecular weight excluding hydrogens is 206 g/mol. The molecule has 2 aromatic heterocycles. The van der Waals surface area contributed by atoms with E-state index in [9.17, 15) is 0 Å². The molecule has 7 nitrogen and oxygen atoms in total. The Morgan fingerprint density at radius 1 is 1.38 bits per heavy atom. The molecule has 0 fully saturated rings. The summed E-state index contributed by atoms with van der Waals surface area (Å²) in [6.45, 7) is 0. The van der Waals surface area contributed by atoms with Crippen molar-refractivity contribution < 1.29 is 0 Å². The third kappa shape index (κ3) is 2.20. The van der Waals surface area contributed by atoms with Crippen molar-refractivity contribution in [2.45, 2.75) is 12.5 Å². The Hall–Kier alpha value is -1.86. The van der Waals surface area contributed by atoms with Crippen molar-refractivity contribution in [3.63, 3.8) is 0 Å². The molecule has 3 N–H and O–H groups in total. The molecule has 0 aliphatic rings. The van der Waals surface area contributed by atoms with Crippen molar-refractivity contribution in [1.82, 2.24) is 30.2 Å². The van der Waals surface area contributed by atoms with Gasteiger partial charge in [0.1, 0.15) is 18.5 Å². The van der Waals surface area contributed by atoms with Gasteiger partial charge in [0, 0.05) is 31.4 Å². The number of aromatic nitrogens is 5. The summed E-state index contributed by atoms with van der Waals surface area (Å²) in [6.07, 6.45) is 7.10. The summed E-state index contributed by atoms with van der Waals surface area (Å²) in [4.78, 5) is 12.1. The minimum atomic E-state index is -0.0656. The second-order valence-electron chi connectivity index (χ2n) is 3.40. The van der Waals surface area contributed by atoms with Crippen LogP contribution in [0.1, 0.15) is 17.4 Å². The lowest BCUT2D eigenvalue weighted by Gasteiger charge is -2.14. The van der Waals surface area contributed by atoms with E-state index in [1.807, 2.05) is 7.05 Å². The van der Waals surface area contributed by atoms with Crippen LogP contribution in [-0.4, -0.2) is 24.7 Å². The first-order valence-electron chi connectivity index (χ1n) is 4.85. The summed E-state index contributed by atoms with van der Waals surface area (Å²) in [6, 6.07) is -0.0656. The van der Waals surface area contributed by atoms with E-state index in [4.69, 9.17) is 5.84 Å². The molecule has 84 valence electrons. The molecule has 1 atom stereocenters. The van der Waals surface area contributed by atoms with Gasteiger partial charge in [-0.3, -0.25) is 16.0 Å². The Bertz CT molecular complexity index is 438. The largest absolute Gasteiger partial charge is 0.271 e. The van der Waals surface area contributed by atoms with E-state index in [0.717, 1.165) is 11.4 Å². The van der Waals surface area contributed by atoms with Gasteiger partial charge in [-0.25, -0.2) is 15.0 Å². The highest BCUT2D eigenvalue weighted by Crippen LogP contribution is 2.13. The first-order valence-corrected chi connectivity index (χ1v) is 4.85. The number of aryl methyl sites for hydroxylation is 1. The van der Waals surface area contributed by atoms with Crippen LogP contribution in [0.3, 0.4) is 0 Å². The van der Waals surface area contributed by atoms with Crippen LogP contribution in [0.2, 0.25) is 0 Å². The molecule has 7 heteroatoms. The maximum Gasteiger partial charge on any atom is 0.138 e. The SMILES string of the molecule is Cn1ncnc1CC(NN)c1cncnc1. The lowest BCUT2D eigenvalue weighted by atomic mass is 10.1. The molecule has 0 saturated carbocycles. The van der Waals surface area contributed by atoms with Crippen LogP contribution < -0.4 is 11.3 Å². The molecule has 0 saturated heterocycles. The van der Waals surface area contributed by atoms with Gasteiger partial charge in [0.05, 0.1) is 6.04 Å². The Labute approximate surface area is 92.7 Å². The molecule has 1 unspecified atom stereocenters. The summed E-state index contributed by atoms with van der Waals surface area (Å²) in [7, 11) is 1.84. The second kappa shape index (κ2) is 4.77. The van der Waals surface area contributed by atoms with E-state index < -0.39 is 0 Å². The first kappa shape index (κ1) is 10.7. The Balaban J connectivity index is 2.16. The average molecular weight is 219 g/mol. The van der Waals surface area contributed by atoms with Crippen molar-refractivity contribution in [3.8, 4) is 0 Å². The summed E-state index contributed by atoms with van der Waals surface area (Å²) in [5, 5.41) is 4.00. The van der Waals surface area contributed by atoms with E-state index in [1.54, 1.807) is 17.1 Å². The predicted molar refractivity (Wildman–Crippen MR) is 56.8 cm³/mol. The quantitative estimate of drug-likeness (QED) is 0.524. The number of rotatable bonds is 4. The molecule has 0 aliphatic heterocycles. The fourth-order valence-corrected chi connectivity index (χ4v) is 1.45. The van der Waals surface area contributed by atoms with E-state index in [-0.39, 0.29) is 6.04 Å². The molecule has 2 heterocycles. The molecule has 0 aliphatic carbocycles. The van der Waals surface area contributed by atoms with Crippen LogP contribution in [0.5, 0.6) is 0 Å². The van der Waals surface area contributed by atoms with Gasteiger partial charge < -0.3 is 0 Å². The van der Waals surface area contributed by atoms with Gasteiger partial charge >= 0.3 is 0 Å². The smallest absolute Gasteiger partial charge is 0.138 e. The minimum absolute atomic E-state index is 0.0656. The number of hydrazine groups is 1. The fourth-order valence-electron chi connectivity index (χ4n) is 1.45. The maximum atomic E-state index is 5.51. The normalized spacial score (nSPS) is 12.6. The zero-order valence-electron chi connectivity index (χ0n) is 8.91. The predicted octanol–water partition coefficient (Wildman–Crippen LogP) is -0.648. The third-order valence-electron chi connectivity index (χ3n) is 2.38. The number of nitrogens with zero attached hydrogens (tertiary/aromatic N) is 5. The topological polar surface area (TPSA) is 94.5 Å². The molecule has 0 bridgehead atoms. The molecular formula is C9H13N7. The first-order chi connectivity index (χ1) is 7.81. The van der Waals surface area contributed by atoms with Gasteiger partial charge in [-0.2, -0.15) is 5.10 Å². The van der Waals surface area contributed by atoms with E-state index in [2.05, 4.69) is 25.5 Å². The third-order valence-corrected chi connectivity index (χ3v) is 2.38. The van der Waals surface area contributed by atoms with Crippen LogP contribution in [0.15, 0.2) is 25.0 Å². The zero-order valence-corrected chi connectivity index (χ0v) is 8.91. The van der Waals surface area contributed by atoms with Gasteiger partial charge in [-0.1, -0.05) is 0 Å². The number of nitrogens with two attached hydrogens (primary N) is 1. The number of nitrogens with one attached hydrogen (secondary N) is 1. The van der Waals surface area contributed by atoms with Crippen molar-refractivity contribution in [2.24, 2.45) is 12.9 Å². The molecule has 0 spiro atoms. The summed E-state index contributed by atoms with van der Waals surface area (Å²) in [5.74, 6) is 6.36. The van der Waals surface area contributed by atoms with Crippen LogP contribution in [-0.2, 0) is 13.5 Å². The van der Waals surface area contributed by atoms with E-state index >= 15 is 0 Å². The van der Waals surface area contributed by atoms with Crippen LogP contribution in [0.25, 0.3) is 0 Å². The lowest BCUT2D eigenvalue weighted by Crippen LogP contribution is -2.30. The summed E-state index contributed by atoms with van der Waals surface area (Å²) >= 11 is 0. The van der Waals surface area contributed by atoms with Crippen molar-refractivity contribution in [3.05, 3.63) is 36.4 Å². The van der Waals surface area contributed by atoms with Gasteiger partial charge in [-0.05, 0) is 0 Å². The van der Waals surface area contributed by atoms with Crippen LogP contribution in [0.4, 0.5) is 0 Å². The fraction of sp³-hybridized carbons (Fsp3) is 0.333. The Morgan fingerprint density at radius 3 is 2.69 bits per heavy atom. The Morgan fingerprint density at radius 2 is 2.12 bits per heavy atom. The van der Waals surface area contributed by atoms with Gasteiger partial charge in [-0.15, -0.1) is 0 Å². The van der Waals surface area contributed by atoms with Crippen molar-refractivity contribution in [1.29, 1.82) is 0 Å². The number of hydrogen-bond donors (Lipinski definition) is 2. The highest BCUT2D eigenvalue weighted by Gasteiger charge is 2.13. The van der Waals surface area contributed by atoms with E-state index in [1.165, 1.54) is 12.7 Å². The molecule has 0 radical (unpaired) electrons. The van der Waals surface area contributed by atoms with Crippen molar-refractivity contribution in [2.75, 3.05) is 0 Å². The Kier molecular flexibility index (Phi) is 3.18. The van der Waals surface area contributed by atoms with Crippen molar-refractivity contribution >= 4 is 0 Å². The number of hydrogen-bond acceptors (Lipinski definition) is 6. The summed E-state index contributed by atoms with van der Waals surface area (Å²) in [5.41, 5.74) is 3.65. The zero-order chi connectivity index (χ0) is 11.4. The highest BCUT2D eigenvalue weighted by atomic mass is 15.3. The van der Waals surface area contributed by atoms with Crippen LogP contribution >= 0.6 is 0 Å². The minimum Gasteiger partial charge on any atom is -0.271 e. The molecule has 0 aromatic carbocycles. The molecule has 16 heavy (non-hydrogen) atoms. The van der Waals surface area contributed by atoms with Gasteiger partial charge in [0.25, 0.3) is 0 Å². The standard InChI is InChI=1S/C9H13N7/c1-16-9(13-6-14-16)2-8(15-10)7-3-11-5-12-4-7/h3-6,8,15H,2,10H2,1H3. The molecule has 0 amide bonds. The molecule has 2 aromatic rings. The molecule has 2 rings (SSSR count). The van der Waals surface area contributed by atoms with E-state index in [0.29, 0.717) is 6.42 Å². The average Bonchev–Trinajstić information content (AvgIpc) is 2.73. The second-order valence-corrected chi connectivity index (χ2v) is 3.40. The van der Waals surface area contributed by atoms with Gasteiger partial charge in [0.15, 0.2) is 0 Å². The monoisotopic (exact) mass is 219 g/mol. The maximum absolute atomic E-state index is 5.51. The lowest BCUT2D eigenvalue weighted by molar-refractivity contribution is 0.520. The highest BCUT2D eigenvalue weighted by molar-refractivity contribution is 5.11.